The first kappa shape index (κ1) is 15.9. The number of amides is 3. The van der Waals surface area contributed by atoms with E-state index in [2.05, 4.69) is 10.7 Å². The molecule has 0 aliphatic rings. The predicted molar refractivity (Wildman–Crippen MR) is 79.1 cm³/mol. The van der Waals surface area contributed by atoms with E-state index in [1.54, 1.807) is 0 Å². The molecule has 0 spiro atoms. The van der Waals surface area contributed by atoms with Crippen LogP contribution in [0.2, 0.25) is 0 Å². The maximum Gasteiger partial charge on any atom is 0.338 e. The first-order chi connectivity index (χ1) is 11.0. The van der Waals surface area contributed by atoms with Crippen molar-refractivity contribution in [3.63, 3.8) is 0 Å². The number of carbonyl (C=O) groups is 2. The number of nitrogens with one attached hydrogen (secondary N) is 3. The molecule has 0 heterocycles. The Morgan fingerprint density at radius 1 is 1.00 bits per heavy atom. The van der Waals surface area contributed by atoms with E-state index >= 15 is 0 Å². The van der Waals surface area contributed by atoms with Gasteiger partial charge in [0.25, 0.3) is 11.6 Å². The van der Waals surface area contributed by atoms with Gasteiger partial charge in [-0.05, 0) is 24.3 Å². The van der Waals surface area contributed by atoms with Gasteiger partial charge in [0.1, 0.15) is 5.82 Å². The summed E-state index contributed by atoms with van der Waals surface area (Å²) < 4.78 is 13.3. The van der Waals surface area contributed by atoms with Crippen molar-refractivity contribution in [3.05, 3.63) is 70.0 Å². The molecule has 9 heteroatoms. The molecule has 0 atom stereocenters. The van der Waals surface area contributed by atoms with Crippen LogP contribution in [0.1, 0.15) is 10.4 Å². The fourth-order valence-corrected chi connectivity index (χ4v) is 1.64. The first-order valence-electron chi connectivity index (χ1n) is 6.33. The van der Waals surface area contributed by atoms with Crippen LogP contribution in [-0.2, 0) is 0 Å². The summed E-state index contributed by atoms with van der Waals surface area (Å²) in [6.07, 6.45) is 0. The number of hydrogen-bond acceptors (Lipinski definition) is 4. The maximum atomic E-state index is 13.3. The Kier molecular flexibility index (Phi) is 4.82. The Labute approximate surface area is 129 Å². The molecule has 3 N–H and O–H groups in total. The molecule has 2 rings (SSSR count). The molecular weight excluding hydrogens is 307 g/mol. The zero-order valence-corrected chi connectivity index (χ0v) is 11.6. The van der Waals surface area contributed by atoms with E-state index in [1.165, 1.54) is 36.4 Å². The second-order valence-electron chi connectivity index (χ2n) is 4.32. The van der Waals surface area contributed by atoms with Crippen molar-refractivity contribution in [3.8, 4) is 0 Å². The first-order valence-corrected chi connectivity index (χ1v) is 6.33. The van der Waals surface area contributed by atoms with Crippen molar-refractivity contribution < 1.29 is 18.9 Å². The lowest BCUT2D eigenvalue weighted by molar-refractivity contribution is -0.384. The normalized spacial score (nSPS) is 9.78. The number of nitrogens with zero attached hydrogens (tertiary/aromatic N) is 1. The number of anilines is 1. The Morgan fingerprint density at radius 2 is 1.65 bits per heavy atom. The molecule has 118 valence electrons. The zero-order chi connectivity index (χ0) is 16.8. The molecule has 0 aliphatic heterocycles. The number of urea groups is 1. The summed E-state index contributed by atoms with van der Waals surface area (Å²) in [5.74, 6) is -1.30. The highest BCUT2D eigenvalue weighted by molar-refractivity contribution is 5.97. The second-order valence-corrected chi connectivity index (χ2v) is 4.32. The highest BCUT2D eigenvalue weighted by Gasteiger charge is 2.11. The number of benzene rings is 2. The molecule has 0 saturated heterocycles. The van der Waals surface area contributed by atoms with Gasteiger partial charge in [-0.2, -0.15) is 0 Å². The predicted octanol–water partition coefficient (Wildman–Crippen LogP) is 2.20. The topological polar surface area (TPSA) is 113 Å². The minimum absolute atomic E-state index is 0.0467. The van der Waals surface area contributed by atoms with Crippen molar-refractivity contribution in [2.75, 3.05) is 5.32 Å². The summed E-state index contributed by atoms with van der Waals surface area (Å²) in [5, 5.41) is 12.7. The van der Waals surface area contributed by atoms with Crippen molar-refractivity contribution in [2.24, 2.45) is 0 Å². The Morgan fingerprint density at radius 3 is 2.26 bits per heavy atom. The van der Waals surface area contributed by atoms with E-state index in [1.807, 2.05) is 5.43 Å². The van der Waals surface area contributed by atoms with Gasteiger partial charge < -0.3 is 5.32 Å². The average Bonchev–Trinajstić information content (AvgIpc) is 2.55. The molecule has 0 fully saturated rings. The Bertz CT molecular complexity index is 749. The van der Waals surface area contributed by atoms with Crippen LogP contribution < -0.4 is 16.2 Å². The molecule has 8 nitrogen and oxygen atoms in total. The fourth-order valence-electron chi connectivity index (χ4n) is 1.64. The van der Waals surface area contributed by atoms with Gasteiger partial charge in [-0.25, -0.2) is 14.6 Å². The van der Waals surface area contributed by atoms with Gasteiger partial charge >= 0.3 is 6.03 Å². The summed E-state index contributed by atoms with van der Waals surface area (Å²) in [6, 6.07) is 9.49. The van der Waals surface area contributed by atoms with Crippen molar-refractivity contribution in [1.82, 2.24) is 10.9 Å². The summed E-state index contributed by atoms with van der Waals surface area (Å²) in [7, 11) is 0. The minimum atomic E-state index is -0.842. The average molecular weight is 318 g/mol. The Balaban J connectivity index is 1.90. The molecular formula is C14H11FN4O4. The fraction of sp³-hybridized carbons (Fsp3) is 0. The number of rotatable bonds is 3. The van der Waals surface area contributed by atoms with E-state index in [0.29, 0.717) is 0 Å². The van der Waals surface area contributed by atoms with E-state index in [0.717, 1.165) is 12.1 Å². The smallest absolute Gasteiger partial charge is 0.304 e. The lowest BCUT2D eigenvalue weighted by Gasteiger charge is -2.09. The number of nitro benzene ring substituents is 1. The van der Waals surface area contributed by atoms with E-state index in [-0.39, 0.29) is 16.9 Å². The quantitative estimate of drug-likeness (QED) is 0.594. The Hall–Kier alpha value is -3.49. The monoisotopic (exact) mass is 318 g/mol. The molecule has 0 aliphatic carbocycles. The van der Waals surface area contributed by atoms with Crippen LogP contribution in [0, 0.1) is 15.9 Å². The highest BCUT2D eigenvalue weighted by Crippen LogP contribution is 2.12. The van der Waals surface area contributed by atoms with E-state index in [4.69, 9.17) is 0 Å². The molecule has 0 radical (unpaired) electrons. The number of hydrazine groups is 1. The number of halogens is 1. The molecule has 0 unspecified atom stereocenters. The molecule has 3 amide bonds. The van der Waals surface area contributed by atoms with Gasteiger partial charge in [-0.3, -0.25) is 20.3 Å². The van der Waals surface area contributed by atoms with Gasteiger partial charge in [0, 0.05) is 17.7 Å². The van der Waals surface area contributed by atoms with Crippen LogP contribution in [-0.4, -0.2) is 16.9 Å². The van der Waals surface area contributed by atoms with Crippen LogP contribution in [0.4, 0.5) is 20.6 Å². The van der Waals surface area contributed by atoms with E-state index in [9.17, 15) is 24.1 Å². The highest BCUT2D eigenvalue weighted by atomic mass is 19.1. The summed E-state index contributed by atoms with van der Waals surface area (Å²) >= 11 is 0. The number of non-ortho nitro benzene ring substituents is 1. The van der Waals surface area contributed by atoms with Crippen molar-refractivity contribution >= 4 is 23.3 Å². The van der Waals surface area contributed by atoms with Crippen LogP contribution in [0.5, 0.6) is 0 Å². The van der Waals surface area contributed by atoms with E-state index < -0.39 is 22.7 Å². The van der Waals surface area contributed by atoms with Crippen LogP contribution in [0.25, 0.3) is 0 Å². The lowest BCUT2D eigenvalue weighted by atomic mass is 10.2. The third-order valence-electron chi connectivity index (χ3n) is 2.75. The summed E-state index contributed by atoms with van der Waals surface area (Å²) in [5.41, 5.74) is 4.04. The largest absolute Gasteiger partial charge is 0.338 e. The molecule has 2 aromatic rings. The summed E-state index contributed by atoms with van der Waals surface area (Å²) in [4.78, 5) is 33.2. The van der Waals surface area contributed by atoms with Crippen molar-refractivity contribution in [2.45, 2.75) is 0 Å². The van der Waals surface area contributed by atoms with Gasteiger partial charge in [0.05, 0.1) is 10.6 Å². The summed E-state index contributed by atoms with van der Waals surface area (Å²) in [6.45, 7) is 0. The maximum absolute atomic E-state index is 13.3. The van der Waals surface area contributed by atoms with Crippen LogP contribution >= 0.6 is 0 Å². The number of hydrogen-bond donors (Lipinski definition) is 3. The van der Waals surface area contributed by atoms with Gasteiger partial charge in [-0.1, -0.05) is 12.1 Å². The van der Waals surface area contributed by atoms with Crippen molar-refractivity contribution in [1.29, 1.82) is 0 Å². The SMILES string of the molecule is O=C(NNC(=O)c1ccc([N+](=O)[O-])cc1)Nc1ccccc1F. The lowest BCUT2D eigenvalue weighted by Crippen LogP contribution is -2.44. The number of carbonyl (C=O) groups excluding carboxylic acids is 2. The molecule has 2 aromatic carbocycles. The van der Waals surface area contributed by atoms with Crippen LogP contribution in [0.3, 0.4) is 0 Å². The molecule has 23 heavy (non-hydrogen) atoms. The molecule has 0 saturated carbocycles. The minimum Gasteiger partial charge on any atom is -0.304 e. The number of para-hydroxylation sites is 1. The third kappa shape index (κ3) is 4.24. The second kappa shape index (κ2) is 6.98. The van der Waals surface area contributed by atoms with Gasteiger partial charge in [0.15, 0.2) is 0 Å². The molecule has 0 aromatic heterocycles. The standard InChI is InChI=1S/C14H11FN4O4/c15-11-3-1-2-4-12(11)16-14(21)18-17-13(20)9-5-7-10(8-6-9)19(22)23/h1-8H,(H,17,20)(H2,16,18,21). The van der Waals surface area contributed by atoms with Gasteiger partial charge in [-0.15, -0.1) is 0 Å². The number of nitro groups is 1. The van der Waals surface area contributed by atoms with Gasteiger partial charge in [0.2, 0.25) is 0 Å². The molecule has 0 bridgehead atoms. The zero-order valence-electron chi connectivity index (χ0n) is 11.6. The third-order valence-corrected chi connectivity index (χ3v) is 2.75. The van der Waals surface area contributed by atoms with Crippen LogP contribution in [0.15, 0.2) is 48.5 Å².